The molecule has 0 radical (unpaired) electrons. The van der Waals surface area contributed by atoms with E-state index in [0.29, 0.717) is 6.42 Å². The van der Waals surface area contributed by atoms with Gasteiger partial charge in [0.2, 0.25) is 5.91 Å². The molecule has 0 aliphatic carbocycles. The van der Waals surface area contributed by atoms with Crippen molar-refractivity contribution in [3.05, 3.63) is 30.3 Å². The third-order valence-electron chi connectivity index (χ3n) is 1.38. The third-order valence-corrected chi connectivity index (χ3v) is 1.38. The first kappa shape index (κ1) is 11.7. The monoisotopic (exact) mass is 173 g/mol. The number of para-hydroxylation sites is 1. The van der Waals surface area contributed by atoms with E-state index >= 15 is 0 Å². The van der Waals surface area contributed by atoms with Crippen molar-refractivity contribution in [2.45, 2.75) is 13.3 Å². The number of anilines is 1. The molecule has 0 aliphatic heterocycles. The summed E-state index contributed by atoms with van der Waals surface area (Å²) in [5.74, 6) is 0.0520. The number of rotatable bonds is 2. The molecule has 12 heavy (non-hydrogen) atoms. The van der Waals surface area contributed by atoms with Gasteiger partial charge in [0, 0.05) is 12.1 Å². The van der Waals surface area contributed by atoms with Crippen LogP contribution in [0.4, 0.5) is 5.69 Å². The topological polar surface area (TPSA) is 29.1 Å². The van der Waals surface area contributed by atoms with Crippen LogP contribution in [0.2, 0.25) is 0 Å². The molecule has 1 N–H and O–H groups in total. The average molecular weight is 173 g/mol. The fourth-order valence-corrected chi connectivity index (χ4v) is 0.771. The fraction of sp³-hybridized carbons (Fsp3) is 0.222. The molecule has 2 nitrogen and oxygen atoms in total. The van der Waals surface area contributed by atoms with Gasteiger partial charge in [-0.3, -0.25) is 4.79 Å². The Kier molecular flexibility index (Phi) is 6.07. The number of amides is 1. The first-order valence-corrected chi connectivity index (χ1v) is 3.68. The van der Waals surface area contributed by atoms with Crippen LogP contribution in [0.15, 0.2) is 30.3 Å². The standard InChI is InChI=1S/C9H11NO.Na.H/c1-2-9(11)10-8-6-4-3-5-7-8;;/h3-7H,2H2,1H3,(H,10,11);;/q;+1;-1. The van der Waals surface area contributed by atoms with Gasteiger partial charge < -0.3 is 6.74 Å². The molecular formula is C9H12NNaO. The van der Waals surface area contributed by atoms with Crippen molar-refractivity contribution in [2.75, 3.05) is 5.32 Å². The van der Waals surface area contributed by atoms with Crippen LogP contribution in [0.5, 0.6) is 0 Å². The van der Waals surface area contributed by atoms with Crippen molar-refractivity contribution >= 4 is 11.6 Å². The largest absolute Gasteiger partial charge is 1.00 e. The Hall–Kier alpha value is -0.310. The Morgan fingerprint density at radius 1 is 1.42 bits per heavy atom. The molecule has 60 valence electrons. The first-order valence-electron chi connectivity index (χ1n) is 3.68. The van der Waals surface area contributed by atoms with Crippen LogP contribution < -0.4 is 34.9 Å². The zero-order chi connectivity index (χ0) is 8.10. The van der Waals surface area contributed by atoms with Crippen molar-refractivity contribution in [3.63, 3.8) is 0 Å². The van der Waals surface area contributed by atoms with Crippen LogP contribution in [0, 0.1) is 0 Å². The quantitative estimate of drug-likeness (QED) is 0.580. The molecule has 0 aliphatic rings. The van der Waals surface area contributed by atoms with E-state index in [0.717, 1.165) is 5.69 Å². The van der Waals surface area contributed by atoms with Gasteiger partial charge >= 0.3 is 29.6 Å². The number of benzene rings is 1. The average Bonchev–Trinajstić information content (AvgIpc) is 2.06. The summed E-state index contributed by atoms with van der Waals surface area (Å²) in [6, 6.07) is 9.44. The van der Waals surface area contributed by atoms with Gasteiger partial charge in [-0.2, -0.15) is 0 Å². The molecule has 1 aromatic carbocycles. The normalized spacial score (nSPS) is 8.42. The van der Waals surface area contributed by atoms with Crippen LogP contribution >= 0.6 is 0 Å². The Morgan fingerprint density at radius 3 is 2.50 bits per heavy atom. The number of carbonyl (C=O) groups is 1. The second-order valence-corrected chi connectivity index (χ2v) is 2.27. The summed E-state index contributed by atoms with van der Waals surface area (Å²) in [5.41, 5.74) is 0.861. The molecule has 0 spiro atoms. The molecule has 0 fully saturated rings. The Balaban J connectivity index is 0. The zero-order valence-corrected chi connectivity index (χ0v) is 9.50. The van der Waals surface area contributed by atoms with Crippen molar-refractivity contribution in [2.24, 2.45) is 0 Å². The number of carbonyl (C=O) groups excluding carboxylic acids is 1. The Labute approximate surface area is 96.1 Å². The number of hydrogen-bond acceptors (Lipinski definition) is 1. The van der Waals surface area contributed by atoms with Gasteiger partial charge in [-0.25, -0.2) is 0 Å². The smallest absolute Gasteiger partial charge is 1.00 e. The fourth-order valence-electron chi connectivity index (χ4n) is 0.771. The van der Waals surface area contributed by atoms with Crippen molar-refractivity contribution in [1.29, 1.82) is 0 Å². The molecule has 1 aromatic rings. The molecule has 0 bridgehead atoms. The summed E-state index contributed by atoms with van der Waals surface area (Å²) in [4.78, 5) is 10.9. The number of nitrogens with one attached hydrogen (secondary N) is 1. The van der Waals surface area contributed by atoms with Gasteiger partial charge in [-0.1, -0.05) is 25.1 Å². The first-order chi connectivity index (χ1) is 5.33. The molecule has 0 aromatic heterocycles. The van der Waals surface area contributed by atoms with E-state index in [1.807, 2.05) is 37.3 Å². The molecule has 0 atom stereocenters. The SMILES string of the molecule is CCC(=O)Nc1ccccc1.[H-].[Na+]. The summed E-state index contributed by atoms with van der Waals surface area (Å²) in [6.07, 6.45) is 0.523. The molecular weight excluding hydrogens is 161 g/mol. The van der Waals surface area contributed by atoms with E-state index < -0.39 is 0 Å². The summed E-state index contributed by atoms with van der Waals surface area (Å²) in [5, 5.41) is 2.75. The van der Waals surface area contributed by atoms with E-state index in [9.17, 15) is 4.79 Å². The third kappa shape index (κ3) is 3.90. The van der Waals surface area contributed by atoms with Crippen LogP contribution in [-0.4, -0.2) is 5.91 Å². The van der Waals surface area contributed by atoms with Crippen LogP contribution in [0.1, 0.15) is 14.8 Å². The van der Waals surface area contributed by atoms with E-state index in [2.05, 4.69) is 5.32 Å². The second-order valence-electron chi connectivity index (χ2n) is 2.27. The van der Waals surface area contributed by atoms with Crippen molar-refractivity contribution < 1.29 is 35.8 Å². The maximum atomic E-state index is 10.9. The van der Waals surface area contributed by atoms with E-state index in [-0.39, 0.29) is 36.9 Å². The maximum Gasteiger partial charge on any atom is 1.00 e. The summed E-state index contributed by atoms with van der Waals surface area (Å²) < 4.78 is 0. The van der Waals surface area contributed by atoms with Gasteiger partial charge in [0.05, 0.1) is 0 Å². The van der Waals surface area contributed by atoms with Gasteiger partial charge in [-0.15, -0.1) is 0 Å². The van der Waals surface area contributed by atoms with Crippen LogP contribution in [0.3, 0.4) is 0 Å². The van der Waals surface area contributed by atoms with Crippen LogP contribution in [0.25, 0.3) is 0 Å². The minimum absolute atomic E-state index is 0. The number of hydrogen-bond donors (Lipinski definition) is 1. The molecule has 0 saturated carbocycles. The van der Waals surface area contributed by atoms with Gasteiger partial charge in [0.25, 0.3) is 0 Å². The Morgan fingerprint density at radius 2 is 2.00 bits per heavy atom. The van der Waals surface area contributed by atoms with E-state index in [4.69, 9.17) is 0 Å². The van der Waals surface area contributed by atoms with Gasteiger partial charge in [0.1, 0.15) is 0 Å². The minimum Gasteiger partial charge on any atom is -1.00 e. The zero-order valence-electron chi connectivity index (χ0n) is 8.50. The predicted octanol–water partition coefficient (Wildman–Crippen LogP) is -0.848. The van der Waals surface area contributed by atoms with E-state index in [1.165, 1.54) is 0 Å². The van der Waals surface area contributed by atoms with Crippen molar-refractivity contribution in [1.82, 2.24) is 0 Å². The molecule has 3 heteroatoms. The van der Waals surface area contributed by atoms with Gasteiger partial charge in [0.15, 0.2) is 0 Å². The van der Waals surface area contributed by atoms with Crippen molar-refractivity contribution in [3.8, 4) is 0 Å². The predicted molar refractivity (Wildman–Crippen MR) is 46.5 cm³/mol. The Bertz CT molecular complexity index is 241. The van der Waals surface area contributed by atoms with Gasteiger partial charge in [-0.05, 0) is 12.1 Å². The molecule has 1 rings (SSSR count). The summed E-state index contributed by atoms with van der Waals surface area (Å²) >= 11 is 0. The maximum absolute atomic E-state index is 10.9. The molecule has 1 amide bonds. The second kappa shape index (κ2) is 6.23. The molecule has 0 unspecified atom stereocenters. The summed E-state index contributed by atoms with van der Waals surface area (Å²) in [6.45, 7) is 1.83. The van der Waals surface area contributed by atoms with E-state index in [1.54, 1.807) is 0 Å². The summed E-state index contributed by atoms with van der Waals surface area (Å²) in [7, 11) is 0. The minimum atomic E-state index is 0. The molecule has 0 heterocycles. The van der Waals surface area contributed by atoms with Crippen LogP contribution in [-0.2, 0) is 4.79 Å². The molecule has 0 saturated heterocycles.